The molecule has 1 aliphatic carbocycles. The van der Waals surface area contributed by atoms with E-state index in [4.69, 9.17) is 13.9 Å². The van der Waals surface area contributed by atoms with Crippen LogP contribution in [0, 0.1) is 0 Å². The van der Waals surface area contributed by atoms with Crippen molar-refractivity contribution in [3.8, 4) is 0 Å². The summed E-state index contributed by atoms with van der Waals surface area (Å²) >= 11 is 0. The molecule has 0 N–H and O–H groups in total. The number of hydrogen-bond donors (Lipinski definition) is 0. The summed E-state index contributed by atoms with van der Waals surface area (Å²) in [5.41, 5.74) is -0.622. The molecule has 1 heterocycles. The fraction of sp³-hybridized carbons (Fsp3) is 0.944. The van der Waals surface area contributed by atoms with Gasteiger partial charge in [-0.05, 0) is 58.2 Å². The maximum absolute atomic E-state index is 12.0. The fourth-order valence-corrected chi connectivity index (χ4v) is 5.03. The van der Waals surface area contributed by atoms with Crippen molar-refractivity contribution in [3.05, 3.63) is 0 Å². The number of ketones is 1. The van der Waals surface area contributed by atoms with Crippen molar-refractivity contribution >= 4 is 14.1 Å². The van der Waals surface area contributed by atoms with E-state index in [-0.39, 0.29) is 23.0 Å². The van der Waals surface area contributed by atoms with Gasteiger partial charge in [0.05, 0.1) is 12.2 Å². The third-order valence-electron chi connectivity index (χ3n) is 5.65. The summed E-state index contributed by atoms with van der Waals surface area (Å²) in [6.07, 6.45) is 3.20. The van der Waals surface area contributed by atoms with Crippen molar-refractivity contribution in [2.24, 2.45) is 0 Å². The molecule has 2 fully saturated rings. The molecule has 4 nitrogen and oxygen atoms in total. The van der Waals surface area contributed by atoms with Gasteiger partial charge in [-0.15, -0.1) is 0 Å². The predicted octanol–water partition coefficient (Wildman–Crippen LogP) is 4.43. The topological polar surface area (TPSA) is 44.8 Å². The second kappa shape index (κ2) is 5.94. The molecule has 0 spiro atoms. The van der Waals surface area contributed by atoms with E-state index in [0.717, 1.165) is 19.3 Å². The Balaban J connectivity index is 2.35. The lowest BCUT2D eigenvalue weighted by atomic mass is 9.77. The monoisotopic (exact) mass is 342 g/mol. The van der Waals surface area contributed by atoms with Crippen LogP contribution in [0.1, 0.15) is 67.2 Å². The SMILES string of the molecule is CC(=O)C[C@@]12OC(C)(C)O[C@@H]1CCC[C@@H]2O[Si](C)(C)C(C)(C)C. The molecular weight excluding hydrogens is 308 g/mol. The van der Waals surface area contributed by atoms with Crippen LogP contribution in [0.5, 0.6) is 0 Å². The molecule has 3 atom stereocenters. The number of rotatable bonds is 4. The van der Waals surface area contributed by atoms with Crippen molar-refractivity contribution in [1.82, 2.24) is 0 Å². The molecule has 1 saturated carbocycles. The van der Waals surface area contributed by atoms with Crippen LogP contribution < -0.4 is 0 Å². The van der Waals surface area contributed by atoms with Crippen LogP contribution in [-0.4, -0.2) is 37.7 Å². The number of carbonyl (C=O) groups excluding carboxylic acids is 1. The molecule has 0 aromatic carbocycles. The first kappa shape index (κ1) is 19.1. The van der Waals surface area contributed by atoms with E-state index in [1.165, 1.54) is 0 Å². The number of carbonyl (C=O) groups is 1. The molecule has 2 aliphatic rings. The van der Waals surface area contributed by atoms with E-state index in [1.807, 2.05) is 13.8 Å². The molecule has 5 heteroatoms. The lowest BCUT2D eigenvalue weighted by Crippen LogP contribution is -2.59. The van der Waals surface area contributed by atoms with E-state index in [0.29, 0.717) is 6.42 Å². The Morgan fingerprint density at radius 1 is 1.26 bits per heavy atom. The first-order valence-electron chi connectivity index (χ1n) is 8.84. The van der Waals surface area contributed by atoms with Crippen LogP contribution in [0.2, 0.25) is 18.1 Å². The molecule has 0 radical (unpaired) electrons. The largest absolute Gasteiger partial charge is 0.411 e. The van der Waals surface area contributed by atoms with Crippen LogP contribution in [0.3, 0.4) is 0 Å². The number of hydrogen-bond acceptors (Lipinski definition) is 4. The average Bonchev–Trinajstić information content (AvgIpc) is 2.57. The van der Waals surface area contributed by atoms with Crippen molar-refractivity contribution in [2.45, 2.75) is 109 Å². The van der Waals surface area contributed by atoms with Crippen molar-refractivity contribution in [2.75, 3.05) is 0 Å². The average molecular weight is 343 g/mol. The standard InChI is InChI=1S/C18H34O4Si/c1-13(19)12-18-14(20-17(5,6)22-18)10-9-11-15(18)21-23(7,8)16(2,3)4/h14-15H,9-12H2,1-8H3/t14-,15+,18-/m1/s1. The Morgan fingerprint density at radius 2 is 1.87 bits per heavy atom. The minimum absolute atomic E-state index is 0.0510. The maximum Gasteiger partial charge on any atom is 0.192 e. The minimum atomic E-state index is -1.94. The van der Waals surface area contributed by atoms with Gasteiger partial charge < -0.3 is 13.9 Å². The Bertz CT molecular complexity index is 466. The number of fused-ring (bicyclic) bond motifs is 1. The van der Waals surface area contributed by atoms with Gasteiger partial charge in [-0.2, -0.15) is 0 Å². The highest BCUT2D eigenvalue weighted by Gasteiger charge is 2.61. The van der Waals surface area contributed by atoms with Gasteiger partial charge in [0.25, 0.3) is 0 Å². The van der Waals surface area contributed by atoms with E-state index in [1.54, 1.807) is 6.92 Å². The van der Waals surface area contributed by atoms with E-state index in [2.05, 4.69) is 33.9 Å². The molecule has 1 aliphatic heterocycles. The first-order chi connectivity index (χ1) is 10.3. The molecule has 0 aromatic rings. The van der Waals surface area contributed by atoms with Gasteiger partial charge in [0, 0.05) is 6.42 Å². The van der Waals surface area contributed by atoms with Gasteiger partial charge in [0.2, 0.25) is 0 Å². The predicted molar refractivity (Wildman–Crippen MR) is 94.0 cm³/mol. The van der Waals surface area contributed by atoms with Crippen molar-refractivity contribution < 1.29 is 18.7 Å². The Hall–Kier alpha value is -0.233. The Kier molecular flexibility index (Phi) is 4.93. The zero-order valence-electron chi connectivity index (χ0n) is 16.1. The molecule has 1 saturated heterocycles. The first-order valence-corrected chi connectivity index (χ1v) is 11.8. The summed E-state index contributed by atoms with van der Waals surface area (Å²) in [6.45, 7) is 16.8. The third kappa shape index (κ3) is 3.73. The lowest BCUT2D eigenvalue weighted by molar-refractivity contribution is -0.185. The molecule has 0 amide bonds. The van der Waals surface area contributed by atoms with E-state index in [9.17, 15) is 4.79 Å². The molecule has 134 valence electrons. The quantitative estimate of drug-likeness (QED) is 0.709. The van der Waals surface area contributed by atoms with Gasteiger partial charge >= 0.3 is 0 Å². The number of Topliss-reactive ketones (excluding diaryl/α,β-unsaturated/α-hetero) is 1. The summed E-state index contributed by atoms with van der Waals surface area (Å²) in [5, 5.41) is 0.131. The third-order valence-corrected chi connectivity index (χ3v) is 10.1. The molecule has 2 rings (SSSR count). The smallest absolute Gasteiger partial charge is 0.192 e. The summed E-state index contributed by atoms with van der Waals surface area (Å²) in [7, 11) is -1.94. The Morgan fingerprint density at radius 3 is 2.39 bits per heavy atom. The molecular formula is C18H34O4Si. The second-order valence-electron chi connectivity index (χ2n) is 9.24. The van der Waals surface area contributed by atoms with Crippen LogP contribution in [-0.2, 0) is 18.7 Å². The number of ether oxygens (including phenoxy) is 2. The van der Waals surface area contributed by atoms with Gasteiger partial charge in [-0.1, -0.05) is 20.8 Å². The Labute approximate surface area is 142 Å². The van der Waals surface area contributed by atoms with Gasteiger partial charge in [-0.25, -0.2) is 0 Å². The molecule has 23 heavy (non-hydrogen) atoms. The normalized spacial score (nSPS) is 34.3. The molecule has 0 bridgehead atoms. The minimum Gasteiger partial charge on any atom is -0.411 e. The van der Waals surface area contributed by atoms with Gasteiger partial charge in [0.1, 0.15) is 11.4 Å². The zero-order chi connectivity index (χ0) is 17.7. The van der Waals surface area contributed by atoms with Crippen LogP contribution in [0.4, 0.5) is 0 Å². The van der Waals surface area contributed by atoms with Crippen molar-refractivity contribution in [1.29, 1.82) is 0 Å². The van der Waals surface area contributed by atoms with Gasteiger partial charge in [-0.3, -0.25) is 4.79 Å². The highest BCUT2D eigenvalue weighted by Crippen LogP contribution is 2.50. The fourth-order valence-electron chi connectivity index (χ4n) is 3.64. The summed E-state index contributed by atoms with van der Waals surface area (Å²) in [5.74, 6) is -0.513. The lowest BCUT2D eigenvalue weighted by Gasteiger charge is -2.48. The summed E-state index contributed by atoms with van der Waals surface area (Å²) in [4.78, 5) is 12.0. The van der Waals surface area contributed by atoms with Crippen LogP contribution >= 0.6 is 0 Å². The van der Waals surface area contributed by atoms with Gasteiger partial charge in [0.15, 0.2) is 14.1 Å². The summed E-state index contributed by atoms with van der Waals surface area (Å²) < 4.78 is 19.3. The molecule has 0 unspecified atom stereocenters. The highest BCUT2D eigenvalue weighted by molar-refractivity contribution is 6.74. The maximum atomic E-state index is 12.0. The van der Waals surface area contributed by atoms with E-state index < -0.39 is 19.7 Å². The highest BCUT2D eigenvalue weighted by atomic mass is 28.4. The zero-order valence-corrected chi connectivity index (χ0v) is 17.1. The van der Waals surface area contributed by atoms with Crippen LogP contribution in [0.25, 0.3) is 0 Å². The van der Waals surface area contributed by atoms with E-state index >= 15 is 0 Å². The molecule has 0 aromatic heterocycles. The van der Waals surface area contributed by atoms with Crippen molar-refractivity contribution in [3.63, 3.8) is 0 Å². The second-order valence-corrected chi connectivity index (χ2v) is 14.0. The summed E-state index contributed by atoms with van der Waals surface area (Å²) in [6, 6.07) is 0. The van der Waals surface area contributed by atoms with Crippen LogP contribution in [0.15, 0.2) is 0 Å².